The number of nitrogens with one attached hydrogen (secondary N) is 1. The summed E-state index contributed by atoms with van der Waals surface area (Å²) >= 11 is 0. The fourth-order valence-electron chi connectivity index (χ4n) is 1.93. The van der Waals surface area contributed by atoms with Crippen molar-refractivity contribution >= 4 is 23.6 Å². The van der Waals surface area contributed by atoms with Crippen LogP contribution in [0, 0.1) is 0 Å². The number of esters is 1. The van der Waals surface area contributed by atoms with Crippen LogP contribution in [0.1, 0.15) is 13.3 Å². The van der Waals surface area contributed by atoms with Gasteiger partial charge in [0.1, 0.15) is 6.61 Å². The summed E-state index contributed by atoms with van der Waals surface area (Å²) in [6.45, 7) is -0.861. The quantitative estimate of drug-likeness (QED) is 0.175. The number of amides is 2. The van der Waals surface area contributed by atoms with Crippen molar-refractivity contribution in [3.63, 3.8) is 0 Å². The van der Waals surface area contributed by atoms with Crippen LogP contribution in [0.2, 0.25) is 0 Å². The van der Waals surface area contributed by atoms with Crippen LogP contribution in [-0.2, 0) is 28.7 Å². The van der Waals surface area contributed by atoms with E-state index < -0.39 is 60.8 Å². The van der Waals surface area contributed by atoms with Gasteiger partial charge in [0, 0.05) is 6.42 Å². The predicted octanol–water partition coefficient (Wildman–Crippen LogP) is -4.08. The summed E-state index contributed by atoms with van der Waals surface area (Å²) in [7, 11) is 0. The van der Waals surface area contributed by atoms with Gasteiger partial charge in [-0.1, -0.05) is 0 Å². The standard InChI is InChI=1S/C12H18N2O9/c1-11(5-16)9(20)12(10(21)23-11,14-8(19)7(13)18)22-3-2-6(17)4-15/h9,15-16,20H,2-5H2,1H3,(H2,13,18)(H,14,19)/t9-,11-,12-/m0/s1. The van der Waals surface area contributed by atoms with Crippen LogP contribution in [0.3, 0.4) is 0 Å². The first kappa shape index (κ1) is 19.0. The Morgan fingerprint density at radius 1 is 1.39 bits per heavy atom. The molecule has 0 aromatic rings. The Morgan fingerprint density at radius 3 is 2.43 bits per heavy atom. The van der Waals surface area contributed by atoms with Crippen molar-refractivity contribution < 1.29 is 44.0 Å². The molecule has 130 valence electrons. The molecule has 1 saturated heterocycles. The third-order valence-electron chi connectivity index (χ3n) is 3.32. The van der Waals surface area contributed by atoms with Crippen LogP contribution in [-0.4, -0.2) is 76.1 Å². The molecule has 0 aliphatic carbocycles. The van der Waals surface area contributed by atoms with Crippen molar-refractivity contribution in [1.82, 2.24) is 5.32 Å². The maximum atomic E-state index is 12.1. The maximum absolute atomic E-state index is 12.1. The number of Topliss-reactive ketones (excluding diaryl/α,β-unsaturated/α-hetero) is 1. The summed E-state index contributed by atoms with van der Waals surface area (Å²) in [6.07, 6.45) is -2.22. The van der Waals surface area contributed by atoms with Crippen LogP contribution in [0.4, 0.5) is 0 Å². The van der Waals surface area contributed by atoms with E-state index >= 15 is 0 Å². The van der Waals surface area contributed by atoms with E-state index in [1.165, 1.54) is 6.92 Å². The van der Waals surface area contributed by atoms with Gasteiger partial charge < -0.3 is 35.8 Å². The third kappa shape index (κ3) is 3.64. The molecule has 11 heteroatoms. The summed E-state index contributed by atoms with van der Waals surface area (Å²) in [5, 5.41) is 30.0. The zero-order chi connectivity index (χ0) is 17.8. The van der Waals surface area contributed by atoms with Gasteiger partial charge >= 0.3 is 17.8 Å². The lowest BCUT2D eigenvalue weighted by molar-refractivity contribution is -0.175. The zero-order valence-electron chi connectivity index (χ0n) is 12.3. The number of carbonyl (C=O) groups is 4. The Kier molecular flexibility index (Phi) is 5.77. The number of cyclic esters (lactones) is 1. The van der Waals surface area contributed by atoms with E-state index in [1.807, 2.05) is 5.32 Å². The van der Waals surface area contributed by atoms with E-state index in [0.29, 0.717) is 0 Å². The zero-order valence-corrected chi connectivity index (χ0v) is 12.3. The van der Waals surface area contributed by atoms with Crippen molar-refractivity contribution in [2.24, 2.45) is 5.73 Å². The van der Waals surface area contributed by atoms with Gasteiger partial charge in [-0.3, -0.25) is 14.4 Å². The van der Waals surface area contributed by atoms with Crippen LogP contribution < -0.4 is 11.1 Å². The van der Waals surface area contributed by atoms with E-state index in [9.17, 15) is 29.4 Å². The molecule has 6 N–H and O–H groups in total. The summed E-state index contributed by atoms with van der Waals surface area (Å²) in [5.74, 6) is -4.77. The van der Waals surface area contributed by atoms with Gasteiger partial charge in [-0.15, -0.1) is 0 Å². The molecule has 23 heavy (non-hydrogen) atoms. The smallest absolute Gasteiger partial charge is 0.363 e. The average Bonchev–Trinajstić information content (AvgIpc) is 2.69. The Bertz CT molecular complexity index is 523. The number of hydrogen-bond acceptors (Lipinski definition) is 9. The molecule has 0 spiro atoms. The molecule has 11 nitrogen and oxygen atoms in total. The number of aliphatic hydroxyl groups excluding tert-OH is 3. The SMILES string of the molecule is C[C@@]1(CO)OC(=O)[C@@](NC(=O)C(N)=O)(OCCC(=O)CO)[C@H]1O. The first-order chi connectivity index (χ1) is 10.6. The van der Waals surface area contributed by atoms with E-state index in [2.05, 4.69) is 0 Å². The Morgan fingerprint density at radius 2 is 2.00 bits per heavy atom. The van der Waals surface area contributed by atoms with Crippen molar-refractivity contribution in [3.05, 3.63) is 0 Å². The molecule has 0 unspecified atom stereocenters. The molecule has 0 aromatic heterocycles. The molecule has 1 rings (SSSR count). The number of rotatable bonds is 7. The first-order valence-corrected chi connectivity index (χ1v) is 6.53. The second kappa shape index (κ2) is 7.00. The van der Waals surface area contributed by atoms with Crippen LogP contribution in [0.25, 0.3) is 0 Å². The second-order valence-corrected chi connectivity index (χ2v) is 5.11. The van der Waals surface area contributed by atoms with Gasteiger partial charge in [0.15, 0.2) is 17.5 Å². The fraction of sp³-hybridized carbons (Fsp3) is 0.667. The van der Waals surface area contributed by atoms with E-state index in [-0.39, 0.29) is 6.42 Å². The molecule has 1 aliphatic heterocycles. The summed E-state index contributed by atoms with van der Waals surface area (Å²) in [5.41, 5.74) is 0.468. The summed E-state index contributed by atoms with van der Waals surface area (Å²) in [6, 6.07) is 0. The topological polar surface area (TPSA) is 185 Å². The number of nitrogens with two attached hydrogens (primary N) is 1. The first-order valence-electron chi connectivity index (χ1n) is 6.53. The van der Waals surface area contributed by atoms with Gasteiger partial charge in [0.2, 0.25) is 0 Å². The van der Waals surface area contributed by atoms with Gasteiger partial charge in [0.05, 0.1) is 13.2 Å². The highest BCUT2D eigenvalue weighted by Crippen LogP contribution is 2.35. The molecular formula is C12H18N2O9. The van der Waals surface area contributed by atoms with Gasteiger partial charge in [-0.2, -0.15) is 0 Å². The monoisotopic (exact) mass is 334 g/mol. The third-order valence-corrected chi connectivity index (χ3v) is 3.32. The van der Waals surface area contributed by atoms with Gasteiger partial charge in [-0.05, 0) is 6.92 Å². The normalized spacial score (nSPS) is 29.9. The lowest BCUT2D eigenvalue weighted by Crippen LogP contribution is -2.65. The van der Waals surface area contributed by atoms with Crippen molar-refractivity contribution in [1.29, 1.82) is 0 Å². The van der Waals surface area contributed by atoms with E-state index in [0.717, 1.165) is 0 Å². The van der Waals surface area contributed by atoms with E-state index in [4.69, 9.17) is 20.3 Å². The van der Waals surface area contributed by atoms with Gasteiger partial charge in [-0.25, -0.2) is 4.79 Å². The average molecular weight is 334 g/mol. The van der Waals surface area contributed by atoms with Gasteiger partial charge in [0.25, 0.3) is 5.72 Å². The minimum absolute atomic E-state index is 0.333. The molecule has 3 atom stereocenters. The molecule has 0 saturated carbocycles. The second-order valence-electron chi connectivity index (χ2n) is 5.11. The minimum Gasteiger partial charge on any atom is -0.450 e. The highest BCUT2D eigenvalue weighted by atomic mass is 16.6. The minimum atomic E-state index is -2.51. The molecule has 0 bridgehead atoms. The molecule has 2 amide bonds. The molecular weight excluding hydrogens is 316 g/mol. The largest absolute Gasteiger partial charge is 0.450 e. The number of aliphatic hydroxyl groups is 3. The fourth-order valence-corrected chi connectivity index (χ4v) is 1.93. The van der Waals surface area contributed by atoms with Crippen molar-refractivity contribution in [3.8, 4) is 0 Å². The van der Waals surface area contributed by atoms with Crippen molar-refractivity contribution in [2.75, 3.05) is 19.8 Å². The Hall–Kier alpha value is -2.08. The lowest BCUT2D eigenvalue weighted by atomic mass is 9.94. The molecule has 1 heterocycles. The number of carbonyl (C=O) groups excluding carboxylic acids is 4. The number of primary amides is 1. The summed E-state index contributed by atoms with van der Waals surface area (Å²) in [4.78, 5) is 45.5. The Labute approximate surface area is 130 Å². The molecule has 0 aromatic carbocycles. The van der Waals surface area contributed by atoms with Crippen LogP contribution in [0.15, 0.2) is 0 Å². The summed E-state index contributed by atoms with van der Waals surface area (Å²) < 4.78 is 9.92. The Balaban J connectivity index is 3.06. The van der Waals surface area contributed by atoms with Crippen LogP contribution >= 0.6 is 0 Å². The molecule has 1 fully saturated rings. The van der Waals surface area contributed by atoms with E-state index in [1.54, 1.807) is 0 Å². The van der Waals surface area contributed by atoms with Crippen LogP contribution in [0.5, 0.6) is 0 Å². The highest BCUT2D eigenvalue weighted by Gasteiger charge is 2.65. The number of hydrogen-bond donors (Lipinski definition) is 5. The number of ether oxygens (including phenoxy) is 2. The highest BCUT2D eigenvalue weighted by molar-refractivity contribution is 6.35. The maximum Gasteiger partial charge on any atom is 0.363 e. The molecule has 1 aliphatic rings. The number of ketones is 1. The lowest BCUT2D eigenvalue weighted by Gasteiger charge is -2.32. The van der Waals surface area contributed by atoms with Crippen molar-refractivity contribution in [2.45, 2.75) is 30.8 Å². The molecule has 0 radical (unpaired) electrons. The predicted molar refractivity (Wildman–Crippen MR) is 70.3 cm³/mol.